The fraction of sp³-hybridized carbons (Fsp3) is 0.571. The highest BCUT2D eigenvalue weighted by Crippen LogP contribution is 1.92. The standard InChI is InChI=1S/C7H13BO3/c1-3-10-5-6(8)7(9)11-4-2/h5H,3-4,8H2,1-2H3/b6-5+. The van der Waals surface area contributed by atoms with Gasteiger partial charge in [0.25, 0.3) is 0 Å². The molecule has 0 rings (SSSR count). The van der Waals surface area contributed by atoms with Gasteiger partial charge in [-0.1, -0.05) is 0 Å². The van der Waals surface area contributed by atoms with Gasteiger partial charge in [0.05, 0.1) is 19.5 Å². The van der Waals surface area contributed by atoms with Crippen molar-refractivity contribution < 1.29 is 14.3 Å². The van der Waals surface area contributed by atoms with E-state index in [2.05, 4.69) is 0 Å². The van der Waals surface area contributed by atoms with Crippen LogP contribution < -0.4 is 0 Å². The first-order valence-corrected chi connectivity index (χ1v) is 3.67. The van der Waals surface area contributed by atoms with E-state index in [4.69, 9.17) is 9.47 Å². The van der Waals surface area contributed by atoms with Gasteiger partial charge in [0.15, 0.2) is 7.85 Å². The number of rotatable bonds is 4. The first kappa shape index (κ1) is 10.1. The van der Waals surface area contributed by atoms with Crippen LogP contribution in [-0.4, -0.2) is 27.0 Å². The molecule has 0 bridgehead atoms. The van der Waals surface area contributed by atoms with Crippen LogP contribution in [0, 0.1) is 0 Å². The lowest BCUT2D eigenvalue weighted by molar-refractivity contribution is -0.137. The predicted octanol–water partition coefficient (Wildman–Crippen LogP) is 0.0605. The Kier molecular flexibility index (Phi) is 5.34. The summed E-state index contributed by atoms with van der Waals surface area (Å²) in [6.07, 6.45) is 1.41. The third kappa shape index (κ3) is 4.48. The van der Waals surface area contributed by atoms with Gasteiger partial charge >= 0.3 is 5.97 Å². The second-order valence-corrected chi connectivity index (χ2v) is 1.98. The molecule has 0 saturated heterocycles. The molecule has 0 heterocycles. The molecule has 0 N–H and O–H groups in total. The quantitative estimate of drug-likeness (QED) is 0.250. The summed E-state index contributed by atoms with van der Waals surface area (Å²) in [7, 11) is 1.66. The van der Waals surface area contributed by atoms with Crippen molar-refractivity contribution in [3.8, 4) is 0 Å². The minimum Gasteiger partial charge on any atom is -0.502 e. The summed E-state index contributed by atoms with van der Waals surface area (Å²) in [5.41, 5.74) is 0.494. The van der Waals surface area contributed by atoms with E-state index in [1.807, 2.05) is 6.92 Å². The molecule has 3 nitrogen and oxygen atoms in total. The first-order chi connectivity index (χ1) is 5.22. The summed E-state index contributed by atoms with van der Waals surface area (Å²) in [5, 5.41) is 0. The number of esters is 1. The van der Waals surface area contributed by atoms with Crippen LogP contribution in [0.15, 0.2) is 11.7 Å². The highest BCUT2D eigenvalue weighted by atomic mass is 16.5. The first-order valence-electron chi connectivity index (χ1n) is 3.67. The second kappa shape index (κ2) is 5.83. The van der Waals surface area contributed by atoms with Gasteiger partial charge in [0.2, 0.25) is 0 Å². The Morgan fingerprint density at radius 3 is 2.55 bits per heavy atom. The predicted molar refractivity (Wildman–Crippen MR) is 44.9 cm³/mol. The molecule has 11 heavy (non-hydrogen) atoms. The zero-order chi connectivity index (χ0) is 8.69. The largest absolute Gasteiger partial charge is 0.502 e. The van der Waals surface area contributed by atoms with Crippen LogP contribution in [0.1, 0.15) is 13.8 Å². The maximum Gasteiger partial charge on any atom is 0.327 e. The van der Waals surface area contributed by atoms with Gasteiger partial charge in [0, 0.05) is 5.47 Å². The molecule has 0 aromatic heterocycles. The topological polar surface area (TPSA) is 35.5 Å². The van der Waals surface area contributed by atoms with E-state index in [9.17, 15) is 4.79 Å². The van der Waals surface area contributed by atoms with E-state index >= 15 is 0 Å². The molecule has 0 aliphatic rings. The Hall–Kier alpha value is -0.925. The number of hydrogen-bond acceptors (Lipinski definition) is 3. The average molecular weight is 156 g/mol. The summed E-state index contributed by atoms with van der Waals surface area (Å²) >= 11 is 0. The molecule has 0 radical (unpaired) electrons. The fourth-order valence-corrected chi connectivity index (χ4v) is 0.501. The van der Waals surface area contributed by atoms with E-state index in [1.54, 1.807) is 14.8 Å². The minimum absolute atomic E-state index is 0.319. The molecule has 0 amide bonds. The highest BCUT2D eigenvalue weighted by Gasteiger charge is 2.02. The van der Waals surface area contributed by atoms with Gasteiger partial charge < -0.3 is 9.47 Å². The van der Waals surface area contributed by atoms with E-state index in [0.29, 0.717) is 18.7 Å². The SMILES string of the molecule is B/C(=C/OCC)C(=O)OCC. The maximum atomic E-state index is 10.9. The van der Waals surface area contributed by atoms with Gasteiger partial charge in [-0.25, -0.2) is 4.79 Å². The highest BCUT2D eigenvalue weighted by molar-refractivity contribution is 6.35. The Bertz CT molecular complexity index is 154. The van der Waals surface area contributed by atoms with Crippen molar-refractivity contribution >= 4 is 13.8 Å². The lowest BCUT2D eigenvalue weighted by atomic mass is 9.98. The van der Waals surface area contributed by atoms with Crippen LogP contribution in [-0.2, 0) is 14.3 Å². The minimum atomic E-state index is -0.319. The van der Waals surface area contributed by atoms with Gasteiger partial charge in [-0.2, -0.15) is 0 Å². The number of carbonyl (C=O) groups excluding carboxylic acids is 1. The molecular formula is C7H13BO3. The molecule has 0 fully saturated rings. The Balaban J connectivity index is 3.80. The zero-order valence-corrected chi connectivity index (χ0v) is 7.22. The molecule has 0 aromatic carbocycles. The molecule has 4 heteroatoms. The van der Waals surface area contributed by atoms with E-state index in [1.165, 1.54) is 6.26 Å². The van der Waals surface area contributed by atoms with Gasteiger partial charge in [-0.15, -0.1) is 0 Å². The Morgan fingerprint density at radius 1 is 1.45 bits per heavy atom. The van der Waals surface area contributed by atoms with Crippen LogP contribution in [0.5, 0.6) is 0 Å². The van der Waals surface area contributed by atoms with Gasteiger partial charge in [-0.3, -0.25) is 0 Å². The molecule has 0 spiro atoms. The van der Waals surface area contributed by atoms with Crippen molar-refractivity contribution in [2.45, 2.75) is 13.8 Å². The van der Waals surface area contributed by atoms with Crippen molar-refractivity contribution in [3.63, 3.8) is 0 Å². The van der Waals surface area contributed by atoms with Gasteiger partial charge in [-0.05, 0) is 13.8 Å². The van der Waals surface area contributed by atoms with E-state index < -0.39 is 0 Å². The van der Waals surface area contributed by atoms with Crippen LogP contribution >= 0.6 is 0 Å². The molecule has 0 aromatic rings. The number of hydrogen-bond donors (Lipinski definition) is 0. The fourth-order valence-electron chi connectivity index (χ4n) is 0.501. The number of carbonyl (C=O) groups is 1. The van der Waals surface area contributed by atoms with Crippen molar-refractivity contribution in [1.29, 1.82) is 0 Å². The van der Waals surface area contributed by atoms with Crippen LogP contribution in [0.4, 0.5) is 0 Å². The van der Waals surface area contributed by atoms with Gasteiger partial charge in [0.1, 0.15) is 0 Å². The Morgan fingerprint density at radius 2 is 2.09 bits per heavy atom. The molecule has 62 valence electrons. The molecule has 0 aliphatic carbocycles. The van der Waals surface area contributed by atoms with E-state index in [-0.39, 0.29) is 5.97 Å². The lowest BCUT2D eigenvalue weighted by Crippen LogP contribution is -2.07. The smallest absolute Gasteiger partial charge is 0.327 e. The van der Waals surface area contributed by atoms with E-state index in [0.717, 1.165) is 0 Å². The molecule has 0 aliphatic heterocycles. The lowest BCUT2D eigenvalue weighted by Gasteiger charge is -2.01. The van der Waals surface area contributed by atoms with Crippen molar-refractivity contribution in [2.24, 2.45) is 0 Å². The summed E-state index contributed by atoms with van der Waals surface area (Å²) < 4.78 is 9.61. The third-order valence-corrected chi connectivity index (χ3v) is 1.02. The maximum absolute atomic E-state index is 10.9. The van der Waals surface area contributed by atoms with Crippen molar-refractivity contribution in [1.82, 2.24) is 0 Å². The summed E-state index contributed by atoms with van der Waals surface area (Å²) in [5.74, 6) is -0.319. The average Bonchev–Trinajstić information content (AvgIpc) is 2.00. The van der Waals surface area contributed by atoms with Crippen molar-refractivity contribution in [3.05, 3.63) is 11.7 Å². The molecule has 0 atom stereocenters. The molecular weight excluding hydrogens is 143 g/mol. The monoisotopic (exact) mass is 156 g/mol. The van der Waals surface area contributed by atoms with Crippen LogP contribution in [0.25, 0.3) is 0 Å². The molecule has 0 unspecified atom stereocenters. The van der Waals surface area contributed by atoms with Crippen LogP contribution in [0.3, 0.4) is 0 Å². The number of ether oxygens (including phenoxy) is 2. The van der Waals surface area contributed by atoms with Crippen molar-refractivity contribution in [2.75, 3.05) is 13.2 Å². The summed E-state index contributed by atoms with van der Waals surface area (Å²) in [6, 6.07) is 0. The Labute approximate surface area is 67.8 Å². The summed E-state index contributed by atoms with van der Waals surface area (Å²) in [4.78, 5) is 10.9. The molecule has 0 saturated carbocycles. The zero-order valence-electron chi connectivity index (χ0n) is 7.22. The van der Waals surface area contributed by atoms with Crippen LogP contribution in [0.2, 0.25) is 0 Å². The summed E-state index contributed by atoms with van der Waals surface area (Å²) in [6.45, 7) is 4.59. The normalized spacial score (nSPS) is 10.9. The second-order valence-electron chi connectivity index (χ2n) is 1.98. The third-order valence-electron chi connectivity index (χ3n) is 1.02.